The highest BCUT2D eigenvalue weighted by Crippen LogP contribution is 2.19. The van der Waals surface area contributed by atoms with Gasteiger partial charge in [-0.1, -0.05) is 0 Å². The highest BCUT2D eigenvalue weighted by atomic mass is 32.1. The van der Waals surface area contributed by atoms with Gasteiger partial charge in [-0.3, -0.25) is 9.69 Å². The lowest BCUT2D eigenvalue weighted by Crippen LogP contribution is -2.48. The van der Waals surface area contributed by atoms with Gasteiger partial charge in [0.2, 0.25) is 5.91 Å². The third-order valence-electron chi connectivity index (χ3n) is 3.67. The second kappa shape index (κ2) is 7.42. The first-order chi connectivity index (χ1) is 10.1. The van der Waals surface area contributed by atoms with E-state index in [9.17, 15) is 9.59 Å². The van der Waals surface area contributed by atoms with Gasteiger partial charge in [-0.2, -0.15) is 0 Å². The van der Waals surface area contributed by atoms with Crippen LogP contribution in [0.2, 0.25) is 0 Å². The van der Waals surface area contributed by atoms with E-state index in [1.807, 2.05) is 17.7 Å². The smallest absolute Gasteiger partial charge is 0.319 e. The van der Waals surface area contributed by atoms with Gasteiger partial charge in [-0.05, 0) is 30.7 Å². The molecule has 0 aromatic carbocycles. The fourth-order valence-electron chi connectivity index (χ4n) is 2.35. The zero-order chi connectivity index (χ0) is 15.2. The molecule has 1 aromatic rings. The first-order valence-electron chi connectivity index (χ1n) is 7.11. The molecule has 1 aliphatic rings. The number of urea groups is 1. The van der Waals surface area contributed by atoms with Crippen molar-refractivity contribution >= 4 is 29.0 Å². The lowest BCUT2D eigenvalue weighted by Gasteiger charge is -2.31. The molecule has 0 spiro atoms. The molecule has 1 aliphatic heterocycles. The van der Waals surface area contributed by atoms with E-state index >= 15 is 0 Å². The fraction of sp³-hybridized carbons (Fsp3) is 0.571. The van der Waals surface area contributed by atoms with Crippen molar-refractivity contribution in [3.05, 3.63) is 16.3 Å². The quantitative estimate of drug-likeness (QED) is 0.787. The molecule has 1 saturated heterocycles. The molecule has 2 heterocycles. The van der Waals surface area contributed by atoms with Crippen molar-refractivity contribution in [3.8, 4) is 0 Å². The summed E-state index contributed by atoms with van der Waals surface area (Å²) in [5, 5.41) is 12.4. The van der Waals surface area contributed by atoms with Gasteiger partial charge in [0.1, 0.15) is 0 Å². The van der Waals surface area contributed by atoms with E-state index in [0.717, 1.165) is 37.2 Å². The van der Waals surface area contributed by atoms with Crippen molar-refractivity contribution in [1.82, 2.24) is 15.5 Å². The summed E-state index contributed by atoms with van der Waals surface area (Å²) < 4.78 is 0. The first kappa shape index (κ1) is 15.8. The van der Waals surface area contributed by atoms with Crippen LogP contribution in [0.4, 0.5) is 10.5 Å². The number of aryl methyl sites for hydroxylation is 1. The number of hydrogen-bond donors (Lipinski definition) is 3. The Bertz CT molecular complexity index is 495. The van der Waals surface area contributed by atoms with Crippen LogP contribution in [-0.4, -0.2) is 49.6 Å². The van der Waals surface area contributed by atoms with Crippen molar-refractivity contribution in [2.24, 2.45) is 0 Å². The number of amides is 3. The summed E-state index contributed by atoms with van der Waals surface area (Å²) >= 11 is 1.58. The van der Waals surface area contributed by atoms with Crippen LogP contribution in [-0.2, 0) is 4.79 Å². The van der Waals surface area contributed by atoms with Crippen molar-refractivity contribution in [2.45, 2.75) is 25.8 Å². The molecular formula is C14H22N4O2S. The average Bonchev–Trinajstić information content (AvgIpc) is 2.86. The van der Waals surface area contributed by atoms with Gasteiger partial charge in [0.15, 0.2) is 0 Å². The summed E-state index contributed by atoms with van der Waals surface area (Å²) in [6.07, 6.45) is 1.74. The van der Waals surface area contributed by atoms with Crippen molar-refractivity contribution in [3.63, 3.8) is 0 Å². The Morgan fingerprint density at radius 1 is 1.33 bits per heavy atom. The van der Waals surface area contributed by atoms with E-state index in [1.165, 1.54) is 0 Å². The van der Waals surface area contributed by atoms with Gasteiger partial charge in [-0.15, -0.1) is 11.3 Å². The molecule has 0 bridgehead atoms. The molecule has 2 rings (SSSR count). The SMILES string of the molecule is CNC(=O)CN1CCC(NC(=O)Nc2cscc2C)CC1. The molecule has 0 saturated carbocycles. The molecule has 0 aliphatic carbocycles. The highest BCUT2D eigenvalue weighted by Gasteiger charge is 2.21. The van der Waals surface area contributed by atoms with E-state index in [0.29, 0.717) is 6.54 Å². The van der Waals surface area contributed by atoms with Crippen molar-refractivity contribution in [1.29, 1.82) is 0 Å². The van der Waals surface area contributed by atoms with E-state index in [4.69, 9.17) is 0 Å². The number of rotatable bonds is 4. The summed E-state index contributed by atoms with van der Waals surface area (Å²) in [6.45, 7) is 4.07. The van der Waals surface area contributed by atoms with Crippen molar-refractivity contribution in [2.75, 3.05) is 32.0 Å². The Morgan fingerprint density at radius 2 is 2.05 bits per heavy atom. The van der Waals surface area contributed by atoms with Gasteiger partial charge in [-0.25, -0.2) is 4.79 Å². The second-order valence-electron chi connectivity index (χ2n) is 5.29. The monoisotopic (exact) mass is 310 g/mol. The topological polar surface area (TPSA) is 73.5 Å². The number of carbonyl (C=O) groups excluding carboxylic acids is 2. The highest BCUT2D eigenvalue weighted by molar-refractivity contribution is 7.08. The molecule has 3 amide bonds. The third-order valence-corrected chi connectivity index (χ3v) is 4.53. The number of carbonyl (C=O) groups is 2. The molecular weight excluding hydrogens is 288 g/mol. The zero-order valence-electron chi connectivity index (χ0n) is 12.4. The van der Waals surface area contributed by atoms with Crippen LogP contribution in [0.1, 0.15) is 18.4 Å². The van der Waals surface area contributed by atoms with Crippen LogP contribution in [0.25, 0.3) is 0 Å². The molecule has 0 atom stereocenters. The zero-order valence-corrected chi connectivity index (χ0v) is 13.3. The van der Waals surface area contributed by atoms with Crippen LogP contribution >= 0.6 is 11.3 Å². The van der Waals surface area contributed by atoms with Gasteiger partial charge >= 0.3 is 6.03 Å². The minimum absolute atomic E-state index is 0.0343. The molecule has 0 unspecified atom stereocenters. The number of hydrogen-bond acceptors (Lipinski definition) is 4. The Balaban J connectivity index is 1.72. The Morgan fingerprint density at radius 3 is 2.62 bits per heavy atom. The molecule has 1 aromatic heterocycles. The predicted molar refractivity (Wildman–Crippen MR) is 84.7 cm³/mol. The number of likely N-dealkylation sites (N-methyl/N-ethyl adjacent to an activating group) is 1. The van der Waals surface area contributed by atoms with Crippen molar-refractivity contribution < 1.29 is 9.59 Å². The molecule has 3 N–H and O–H groups in total. The largest absolute Gasteiger partial charge is 0.358 e. The normalized spacial score (nSPS) is 16.5. The summed E-state index contributed by atoms with van der Waals surface area (Å²) in [5.41, 5.74) is 1.95. The molecule has 7 heteroatoms. The maximum atomic E-state index is 11.9. The second-order valence-corrected chi connectivity index (χ2v) is 6.03. The molecule has 0 radical (unpaired) electrons. The molecule has 6 nitrogen and oxygen atoms in total. The number of anilines is 1. The first-order valence-corrected chi connectivity index (χ1v) is 8.06. The maximum absolute atomic E-state index is 11.9. The molecule has 116 valence electrons. The lowest BCUT2D eigenvalue weighted by molar-refractivity contribution is -0.122. The Hall–Kier alpha value is -1.60. The van der Waals surface area contributed by atoms with E-state index < -0.39 is 0 Å². The van der Waals surface area contributed by atoms with E-state index in [1.54, 1.807) is 18.4 Å². The lowest BCUT2D eigenvalue weighted by atomic mass is 10.1. The van der Waals surface area contributed by atoms with Crippen LogP contribution < -0.4 is 16.0 Å². The van der Waals surface area contributed by atoms with Crippen LogP contribution in [0.15, 0.2) is 10.8 Å². The minimum Gasteiger partial charge on any atom is -0.358 e. The van der Waals surface area contributed by atoms with Gasteiger partial charge in [0.05, 0.1) is 12.2 Å². The number of nitrogens with one attached hydrogen (secondary N) is 3. The fourth-order valence-corrected chi connectivity index (χ4v) is 3.13. The average molecular weight is 310 g/mol. The van der Waals surface area contributed by atoms with Gasteiger partial charge in [0, 0.05) is 31.6 Å². The van der Waals surface area contributed by atoms with Crippen LogP contribution in [0, 0.1) is 6.92 Å². The van der Waals surface area contributed by atoms with E-state index in [-0.39, 0.29) is 18.0 Å². The van der Waals surface area contributed by atoms with Gasteiger partial charge in [0.25, 0.3) is 0 Å². The predicted octanol–water partition coefficient (Wildman–Crippen LogP) is 1.39. The van der Waals surface area contributed by atoms with Crippen LogP contribution in [0.3, 0.4) is 0 Å². The number of piperidine rings is 1. The van der Waals surface area contributed by atoms with Gasteiger partial charge < -0.3 is 16.0 Å². The molecule has 21 heavy (non-hydrogen) atoms. The third kappa shape index (κ3) is 4.71. The maximum Gasteiger partial charge on any atom is 0.319 e. The Labute approximate surface area is 128 Å². The number of likely N-dealkylation sites (tertiary alicyclic amines) is 1. The number of thiophene rings is 1. The van der Waals surface area contributed by atoms with Crippen LogP contribution in [0.5, 0.6) is 0 Å². The Kier molecular flexibility index (Phi) is 5.58. The minimum atomic E-state index is -0.152. The molecule has 1 fully saturated rings. The summed E-state index contributed by atoms with van der Waals surface area (Å²) in [6, 6.07) is 0.0196. The van der Waals surface area contributed by atoms with E-state index in [2.05, 4.69) is 20.9 Å². The standard InChI is InChI=1S/C14H22N4O2S/c1-10-8-21-9-12(10)17-14(20)16-11-3-5-18(6-4-11)7-13(19)15-2/h8-9,11H,3-7H2,1-2H3,(H,15,19)(H2,16,17,20). The summed E-state index contributed by atoms with van der Waals surface area (Å²) in [5.74, 6) is 0.0343. The number of nitrogens with zero attached hydrogens (tertiary/aromatic N) is 1. The summed E-state index contributed by atoms with van der Waals surface area (Å²) in [4.78, 5) is 25.4. The summed E-state index contributed by atoms with van der Waals surface area (Å²) in [7, 11) is 1.65.